The second-order valence-corrected chi connectivity index (χ2v) is 5.18. The Balaban J connectivity index is 1.79. The van der Waals surface area contributed by atoms with Gasteiger partial charge in [0.1, 0.15) is 0 Å². The smallest absolute Gasteiger partial charge is 0.269 e. The summed E-state index contributed by atoms with van der Waals surface area (Å²) in [6, 6.07) is 15.5. The Labute approximate surface area is 134 Å². The maximum absolute atomic E-state index is 12.2. The van der Waals surface area contributed by atoms with Crippen LogP contribution in [0.15, 0.2) is 54.6 Å². The van der Waals surface area contributed by atoms with E-state index in [9.17, 15) is 14.9 Å². The Morgan fingerprint density at radius 1 is 1.13 bits per heavy atom. The van der Waals surface area contributed by atoms with Crippen molar-refractivity contribution < 1.29 is 9.72 Å². The van der Waals surface area contributed by atoms with Crippen LogP contribution in [-0.4, -0.2) is 35.9 Å². The minimum absolute atomic E-state index is 0.0173. The maximum atomic E-state index is 12.2. The first-order valence-corrected chi connectivity index (χ1v) is 7.37. The van der Waals surface area contributed by atoms with Crippen molar-refractivity contribution in [1.29, 1.82) is 0 Å². The van der Waals surface area contributed by atoms with Crippen molar-refractivity contribution in [3.05, 3.63) is 70.3 Å². The molecule has 0 unspecified atom stereocenters. The van der Waals surface area contributed by atoms with Gasteiger partial charge in [0.25, 0.3) is 11.6 Å². The number of carbonyl (C=O) groups excluding carboxylic acids is 1. The minimum atomic E-state index is -0.479. The molecule has 0 aliphatic carbocycles. The zero-order valence-electron chi connectivity index (χ0n) is 12.9. The Morgan fingerprint density at radius 2 is 1.78 bits per heavy atom. The summed E-state index contributed by atoms with van der Waals surface area (Å²) < 4.78 is 0. The van der Waals surface area contributed by atoms with Crippen LogP contribution in [0.3, 0.4) is 0 Å². The fourth-order valence-electron chi connectivity index (χ4n) is 2.15. The standard InChI is InChI=1S/C17H19N3O3/c1-19(13-5-12-18-15-6-3-2-4-7-15)17(21)14-8-10-16(11-9-14)20(22)23/h2-4,6-11,18H,5,12-13H2,1H3. The number of anilines is 1. The molecule has 120 valence electrons. The highest BCUT2D eigenvalue weighted by Crippen LogP contribution is 2.13. The number of nitro benzene ring substituents is 1. The number of carbonyl (C=O) groups is 1. The SMILES string of the molecule is CN(CCCNc1ccccc1)C(=O)c1ccc([N+](=O)[O-])cc1. The molecule has 2 rings (SSSR count). The molecule has 0 bridgehead atoms. The molecule has 6 nitrogen and oxygen atoms in total. The van der Waals surface area contributed by atoms with Crippen molar-refractivity contribution in [3.63, 3.8) is 0 Å². The van der Waals surface area contributed by atoms with Gasteiger partial charge in [-0.3, -0.25) is 14.9 Å². The fraction of sp³-hybridized carbons (Fsp3) is 0.235. The Bertz CT molecular complexity index is 657. The summed E-state index contributed by atoms with van der Waals surface area (Å²) in [4.78, 5) is 24.0. The fourth-order valence-corrected chi connectivity index (χ4v) is 2.15. The number of amides is 1. The van der Waals surface area contributed by atoms with Gasteiger partial charge in [-0.15, -0.1) is 0 Å². The number of nitrogens with zero attached hydrogens (tertiary/aromatic N) is 2. The molecule has 2 aromatic rings. The van der Waals surface area contributed by atoms with Gasteiger partial charge in [-0.05, 0) is 30.7 Å². The number of hydrogen-bond acceptors (Lipinski definition) is 4. The largest absolute Gasteiger partial charge is 0.385 e. The Kier molecular flexibility index (Phi) is 5.68. The van der Waals surface area contributed by atoms with Crippen LogP contribution in [0, 0.1) is 10.1 Å². The van der Waals surface area contributed by atoms with E-state index >= 15 is 0 Å². The molecule has 0 atom stereocenters. The molecule has 0 spiro atoms. The van der Waals surface area contributed by atoms with Crippen LogP contribution >= 0.6 is 0 Å². The molecule has 6 heteroatoms. The summed E-state index contributed by atoms with van der Waals surface area (Å²) in [5.41, 5.74) is 1.49. The van der Waals surface area contributed by atoms with Crippen molar-refractivity contribution >= 4 is 17.3 Å². The van der Waals surface area contributed by atoms with Crippen LogP contribution in [0.1, 0.15) is 16.8 Å². The molecular formula is C17H19N3O3. The van der Waals surface area contributed by atoms with Gasteiger partial charge in [0.15, 0.2) is 0 Å². The number of benzene rings is 2. The Hall–Kier alpha value is -2.89. The molecular weight excluding hydrogens is 294 g/mol. The molecule has 1 N–H and O–H groups in total. The lowest BCUT2D eigenvalue weighted by Crippen LogP contribution is -2.28. The van der Waals surface area contributed by atoms with Crippen LogP contribution in [-0.2, 0) is 0 Å². The molecule has 0 saturated heterocycles. The third-order valence-corrected chi connectivity index (χ3v) is 3.44. The van der Waals surface area contributed by atoms with E-state index in [4.69, 9.17) is 0 Å². The number of rotatable bonds is 7. The third kappa shape index (κ3) is 4.81. The lowest BCUT2D eigenvalue weighted by atomic mass is 10.2. The molecule has 0 radical (unpaired) electrons. The predicted octanol–water partition coefficient (Wildman–Crippen LogP) is 3.17. The Morgan fingerprint density at radius 3 is 2.39 bits per heavy atom. The van der Waals surface area contributed by atoms with Crippen LogP contribution in [0.4, 0.5) is 11.4 Å². The number of para-hydroxylation sites is 1. The van der Waals surface area contributed by atoms with Gasteiger partial charge in [0.05, 0.1) is 4.92 Å². The van der Waals surface area contributed by atoms with Gasteiger partial charge in [-0.2, -0.15) is 0 Å². The highest BCUT2D eigenvalue weighted by atomic mass is 16.6. The van der Waals surface area contributed by atoms with E-state index in [1.165, 1.54) is 24.3 Å². The number of nitro groups is 1. The summed E-state index contributed by atoms with van der Waals surface area (Å²) in [7, 11) is 1.73. The summed E-state index contributed by atoms with van der Waals surface area (Å²) in [6.45, 7) is 1.37. The molecule has 0 saturated carbocycles. The lowest BCUT2D eigenvalue weighted by Gasteiger charge is -2.17. The molecule has 1 amide bonds. The summed E-state index contributed by atoms with van der Waals surface area (Å²) in [6.07, 6.45) is 0.810. The van der Waals surface area contributed by atoms with Gasteiger partial charge < -0.3 is 10.2 Å². The maximum Gasteiger partial charge on any atom is 0.269 e. The predicted molar refractivity (Wildman–Crippen MR) is 89.6 cm³/mol. The lowest BCUT2D eigenvalue weighted by molar-refractivity contribution is -0.384. The molecule has 0 aromatic heterocycles. The van der Waals surface area contributed by atoms with Gasteiger partial charge in [-0.25, -0.2) is 0 Å². The van der Waals surface area contributed by atoms with E-state index in [2.05, 4.69) is 5.32 Å². The molecule has 2 aromatic carbocycles. The second-order valence-electron chi connectivity index (χ2n) is 5.18. The first-order chi connectivity index (χ1) is 11.1. The minimum Gasteiger partial charge on any atom is -0.385 e. The van der Waals surface area contributed by atoms with Crippen molar-refractivity contribution in [2.45, 2.75) is 6.42 Å². The van der Waals surface area contributed by atoms with Crippen molar-refractivity contribution in [2.24, 2.45) is 0 Å². The zero-order chi connectivity index (χ0) is 16.7. The summed E-state index contributed by atoms with van der Waals surface area (Å²) in [5, 5.41) is 13.9. The van der Waals surface area contributed by atoms with E-state index < -0.39 is 4.92 Å². The average Bonchev–Trinajstić information content (AvgIpc) is 2.59. The van der Waals surface area contributed by atoms with Crippen molar-refractivity contribution in [3.8, 4) is 0 Å². The van der Waals surface area contributed by atoms with E-state index in [0.717, 1.165) is 18.7 Å². The van der Waals surface area contributed by atoms with E-state index in [1.54, 1.807) is 11.9 Å². The molecule has 23 heavy (non-hydrogen) atoms. The van der Waals surface area contributed by atoms with Crippen LogP contribution < -0.4 is 5.32 Å². The molecule has 0 aliphatic heterocycles. The quantitative estimate of drug-likeness (QED) is 0.484. The molecule has 0 heterocycles. The zero-order valence-corrected chi connectivity index (χ0v) is 12.9. The third-order valence-electron chi connectivity index (χ3n) is 3.44. The van der Waals surface area contributed by atoms with Crippen LogP contribution in [0.25, 0.3) is 0 Å². The topological polar surface area (TPSA) is 75.5 Å². The van der Waals surface area contributed by atoms with Crippen molar-refractivity contribution in [1.82, 2.24) is 4.90 Å². The normalized spacial score (nSPS) is 10.1. The van der Waals surface area contributed by atoms with Crippen LogP contribution in [0.2, 0.25) is 0 Å². The summed E-state index contributed by atoms with van der Waals surface area (Å²) in [5.74, 6) is -0.139. The number of non-ortho nitro benzene ring substituents is 1. The summed E-state index contributed by atoms with van der Waals surface area (Å²) >= 11 is 0. The number of nitrogens with one attached hydrogen (secondary N) is 1. The number of hydrogen-bond donors (Lipinski definition) is 1. The van der Waals surface area contributed by atoms with Gasteiger partial charge >= 0.3 is 0 Å². The monoisotopic (exact) mass is 313 g/mol. The second kappa shape index (κ2) is 7.93. The first-order valence-electron chi connectivity index (χ1n) is 7.37. The van der Waals surface area contributed by atoms with E-state index in [1.807, 2.05) is 30.3 Å². The first kappa shape index (κ1) is 16.5. The molecule has 0 aliphatic rings. The van der Waals surface area contributed by atoms with E-state index in [0.29, 0.717) is 12.1 Å². The van der Waals surface area contributed by atoms with E-state index in [-0.39, 0.29) is 11.6 Å². The highest BCUT2D eigenvalue weighted by Gasteiger charge is 2.13. The van der Waals surface area contributed by atoms with Crippen molar-refractivity contribution in [2.75, 3.05) is 25.5 Å². The highest BCUT2D eigenvalue weighted by molar-refractivity contribution is 5.94. The van der Waals surface area contributed by atoms with Gasteiger partial charge in [-0.1, -0.05) is 18.2 Å². The average molecular weight is 313 g/mol. The molecule has 0 fully saturated rings. The van der Waals surface area contributed by atoms with Crippen LogP contribution in [0.5, 0.6) is 0 Å². The van der Waals surface area contributed by atoms with Gasteiger partial charge in [0, 0.05) is 43.5 Å². The van der Waals surface area contributed by atoms with Gasteiger partial charge in [0.2, 0.25) is 0 Å².